The molecule has 0 fully saturated rings. The van der Waals surface area contributed by atoms with E-state index in [0.717, 1.165) is 0 Å². The number of cyclic esters (lactones) is 1. The lowest BCUT2D eigenvalue weighted by Crippen LogP contribution is -2.08. The van der Waals surface area contributed by atoms with Gasteiger partial charge in [-0.25, -0.2) is 9.79 Å². The molecule has 0 saturated carbocycles. The molecule has 0 atom stereocenters. The molecule has 30 heavy (non-hydrogen) atoms. The van der Waals surface area contributed by atoms with Gasteiger partial charge in [-0.3, -0.25) is 4.79 Å². The van der Waals surface area contributed by atoms with Crippen LogP contribution in [0.2, 0.25) is 5.02 Å². The number of carbonyl (C=O) groups excluding carboxylic acids is 2. The van der Waals surface area contributed by atoms with Gasteiger partial charge in [0, 0.05) is 12.0 Å². The molecule has 0 radical (unpaired) electrons. The van der Waals surface area contributed by atoms with Crippen LogP contribution in [0, 0.1) is 0 Å². The number of hydrogen-bond acceptors (Lipinski definition) is 7. The van der Waals surface area contributed by atoms with Crippen molar-refractivity contribution in [3.8, 4) is 17.2 Å². The molecule has 0 saturated heterocycles. The summed E-state index contributed by atoms with van der Waals surface area (Å²) in [5, 5.41) is 0.175. The summed E-state index contributed by atoms with van der Waals surface area (Å²) in [5.74, 6) is 0.190. The average molecular weight is 430 g/mol. The maximum absolute atomic E-state index is 12.3. The lowest BCUT2D eigenvalue weighted by atomic mass is 10.1. The minimum Gasteiger partial charge on any atom is -0.497 e. The van der Waals surface area contributed by atoms with Gasteiger partial charge in [0.15, 0.2) is 17.2 Å². The minimum absolute atomic E-state index is 0.0988. The smallest absolute Gasteiger partial charge is 0.363 e. The van der Waals surface area contributed by atoms with Gasteiger partial charge in [-0.1, -0.05) is 24.6 Å². The molecule has 0 unspecified atom stereocenters. The van der Waals surface area contributed by atoms with Crippen LogP contribution in [0.25, 0.3) is 6.08 Å². The third-order valence-corrected chi connectivity index (χ3v) is 4.44. The predicted molar refractivity (Wildman–Crippen MR) is 112 cm³/mol. The quantitative estimate of drug-likeness (QED) is 0.368. The number of benzene rings is 2. The van der Waals surface area contributed by atoms with Crippen LogP contribution in [-0.2, 0) is 14.3 Å². The second-order valence-electron chi connectivity index (χ2n) is 6.33. The molecular formula is C22H20ClNO6. The highest BCUT2D eigenvalue weighted by atomic mass is 35.5. The molecule has 2 aromatic rings. The topological polar surface area (TPSA) is 83.4 Å². The molecule has 2 aromatic carbocycles. The van der Waals surface area contributed by atoms with Crippen molar-refractivity contribution >= 4 is 35.5 Å². The van der Waals surface area contributed by atoms with E-state index in [1.165, 1.54) is 13.2 Å². The standard InChI is InChI=1S/C22H20ClNO6/c1-4-6-19(25)29-20-16(23)9-13(11-18(20)28-3)10-17-22(26)30-21(24-17)14-7-5-8-15(12-14)27-2/h5,7-12H,4,6H2,1-3H3. The molecule has 1 aliphatic heterocycles. The summed E-state index contributed by atoms with van der Waals surface area (Å²) in [7, 11) is 2.98. The summed E-state index contributed by atoms with van der Waals surface area (Å²) < 4.78 is 21.1. The van der Waals surface area contributed by atoms with Crippen molar-refractivity contribution in [3.63, 3.8) is 0 Å². The van der Waals surface area contributed by atoms with Crippen LogP contribution in [0.4, 0.5) is 0 Å². The minimum atomic E-state index is -0.596. The molecule has 0 aliphatic carbocycles. The lowest BCUT2D eigenvalue weighted by molar-refractivity contribution is -0.134. The van der Waals surface area contributed by atoms with Crippen LogP contribution in [-0.4, -0.2) is 32.1 Å². The SMILES string of the molecule is CCCC(=O)Oc1c(Cl)cc(C=C2N=C(c3cccc(OC)c3)OC2=O)cc1OC. The molecule has 0 spiro atoms. The van der Waals surface area contributed by atoms with Crippen LogP contribution < -0.4 is 14.2 Å². The third-order valence-electron chi connectivity index (χ3n) is 4.16. The Kier molecular flexibility index (Phi) is 6.74. The molecule has 8 heteroatoms. The van der Waals surface area contributed by atoms with E-state index in [9.17, 15) is 9.59 Å². The molecule has 7 nitrogen and oxygen atoms in total. The van der Waals surface area contributed by atoms with E-state index < -0.39 is 11.9 Å². The number of halogens is 1. The van der Waals surface area contributed by atoms with Crippen LogP contribution in [0.15, 0.2) is 47.1 Å². The van der Waals surface area contributed by atoms with E-state index in [1.54, 1.807) is 43.5 Å². The third kappa shape index (κ3) is 4.80. The number of aliphatic imine (C=N–C) groups is 1. The largest absolute Gasteiger partial charge is 0.497 e. The number of ether oxygens (including phenoxy) is 4. The fourth-order valence-electron chi connectivity index (χ4n) is 2.74. The first kappa shape index (κ1) is 21.4. The van der Waals surface area contributed by atoms with Crippen molar-refractivity contribution in [2.45, 2.75) is 19.8 Å². The van der Waals surface area contributed by atoms with Gasteiger partial charge in [-0.05, 0) is 48.4 Å². The lowest BCUT2D eigenvalue weighted by Gasteiger charge is -2.11. The zero-order valence-corrected chi connectivity index (χ0v) is 17.5. The van der Waals surface area contributed by atoms with Gasteiger partial charge in [-0.2, -0.15) is 0 Å². The predicted octanol–water partition coefficient (Wildman–Crippen LogP) is 4.41. The van der Waals surface area contributed by atoms with Crippen LogP contribution in [0.1, 0.15) is 30.9 Å². The number of esters is 2. The Labute approximate surface area is 178 Å². The van der Waals surface area contributed by atoms with Crippen LogP contribution >= 0.6 is 11.6 Å². The van der Waals surface area contributed by atoms with Crippen molar-refractivity contribution in [3.05, 3.63) is 58.2 Å². The zero-order chi connectivity index (χ0) is 21.7. The molecule has 3 rings (SSSR count). The van der Waals surface area contributed by atoms with E-state index in [2.05, 4.69) is 4.99 Å². The molecule has 156 valence electrons. The summed E-state index contributed by atoms with van der Waals surface area (Å²) in [4.78, 5) is 28.4. The molecular weight excluding hydrogens is 410 g/mol. The summed E-state index contributed by atoms with van der Waals surface area (Å²) >= 11 is 6.28. The summed E-state index contributed by atoms with van der Waals surface area (Å²) in [6.45, 7) is 1.87. The van der Waals surface area contributed by atoms with E-state index in [4.69, 9.17) is 30.5 Å². The Morgan fingerprint density at radius 3 is 2.70 bits per heavy atom. The van der Waals surface area contributed by atoms with Gasteiger partial charge < -0.3 is 18.9 Å². The van der Waals surface area contributed by atoms with Gasteiger partial charge in [0.25, 0.3) is 0 Å². The molecule has 1 heterocycles. The van der Waals surface area contributed by atoms with Crippen molar-refractivity contribution < 1.29 is 28.5 Å². The molecule has 1 aliphatic rings. The van der Waals surface area contributed by atoms with E-state index in [-0.39, 0.29) is 34.5 Å². The molecule has 0 aromatic heterocycles. The maximum atomic E-state index is 12.3. The van der Waals surface area contributed by atoms with Gasteiger partial charge >= 0.3 is 11.9 Å². The summed E-state index contributed by atoms with van der Waals surface area (Å²) in [6, 6.07) is 10.2. The van der Waals surface area contributed by atoms with Crippen molar-refractivity contribution in [1.82, 2.24) is 0 Å². The Morgan fingerprint density at radius 1 is 1.20 bits per heavy atom. The van der Waals surface area contributed by atoms with Crippen LogP contribution in [0.5, 0.6) is 17.2 Å². The normalized spacial score (nSPS) is 14.3. The van der Waals surface area contributed by atoms with Gasteiger partial charge in [0.1, 0.15) is 5.75 Å². The highest BCUT2D eigenvalue weighted by Crippen LogP contribution is 2.37. The second-order valence-corrected chi connectivity index (χ2v) is 6.73. The number of nitrogens with zero attached hydrogens (tertiary/aromatic N) is 1. The Morgan fingerprint density at radius 2 is 2.00 bits per heavy atom. The van der Waals surface area contributed by atoms with Gasteiger partial charge in [-0.15, -0.1) is 0 Å². The highest BCUT2D eigenvalue weighted by Gasteiger charge is 2.25. The summed E-state index contributed by atoms with van der Waals surface area (Å²) in [6.07, 6.45) is 2.43. The number of methoxy groups -OCH3 is 2. The fourth-order valence-corrected chi connectivity index (χ4v) is 3.00. The highest BCUT2D eigenvalue weighted by molar-refractivity contribution is 6.32. The van der Waals surface area contributed by atoms with Crippen molar-refractivity contribution in [2.75, 3.05) is 14.2 Å². The Balaban J connectivity index is 1.92. The van der Waals surface area contributed by atoms with E-state index >= 15 is 0 Å². The van der Waals surface area contributed by atoms with Gasteiger partial charge in [0.2, 0.25) is 5.90 Å². The molecule has 0 bridgehead atoms. The van der Waals surface area contributed by atoms with Crippen LogP contribution in [0.3, 0.4) is 0 Å². The fraction of sp³-hybridized carbons (Fsp3) is 0.227. The Hall–Kier alpha value is -3.32. The number of rotatable bonds is 7. The van der Waals surface area contributed by atoms with Crippen molar-refractivity contribution in [2.24, 2.45) is 4.99 Å². The first-order chi connectivity index (χ1) is 14.4. The Bertz CT molecular complexity index is 1040. The number of carbonyl (C=O) groups is 2. The summed E-state index contributed by atoms with van der Waals surface area (Å²) in [5.41, 5.74) is 1.25. The monoisotopic (exact) mass is 429 g/mol. The van der Waals surface area contributed by atoms with E-state index in [0.29, 0.717) is 23.3 Å². The maximum Gasteiger partial charge on any atom is 0.363 e. The number of hydrogen-bond donors (Lipinski definition) is 0. The average Bonchev–Trinajstić information content (AvgIpc) is 3.10. The second kappa shape index (κ2) is 9.45. The first-order valence-corrected chi connectivity index (χ1v) is 9.58. The molecule has 0 amide bonds. The first-order valence-electron chi connectivity index (χ1n) is 9.20. The van der Waals surface area contributed by atoms with E-state index in [1.807, 2.05) is 6.92 Å². The van der Waals surface area contributed by atoms with Crippen molar-refractivity contribution in [1.29, 1.82) is 0 Å². The molecule has 0 N–H and O–H groups in total. The van der Waals surface area contributed by atoms with Gasteiger partial charge in [0.05, 0.1) is 19.2 Å². The zero-order valence-electron chi connectivity index (χ0n) is 16.7.